The predicted octanol–water partition coefficient (Wildman–Crippen LogP) is 1.74. The third-order valence-corrected chi connectivity index (χ3v) is 8.59. The van der Waals surface area contributed by atoms with E-state index < -0.39 is 11.4 Å². The van der Waals surface area contributed by atoms with Crippen LogP contribution < -0.4 is 20.1 Å². The summed E-state index contributed by atoms with van der Waals surface area (Å²) >= 11 is 1.51. The molecule has 8 nitrogen and oxygen atoms in total. The average molecular weight is 509 g/mol. The lowest BCUT2D eigenvalue weighted by atomic mass is 9.80. The van der Waals surface area contributed by atoms with Crippen molar-refractivity contribution < 1.29 is 23.9 Å². The van der Waals surface area contributed by atoms with Crippen LogP contribution >= 0.6 is 11.3 Å². The molecule has 1 aliphatic carbocycles. The van der Waals surface area contributed by atoms with E-state index in [9.17, 15) is 14.7 Å². The van der Waals surface area contributed by atoms with Crippen LogP contribution in [0, 0.1) is 5.41 Å². The van der Waals surface area contributed by atoms with Gasteiger partial charge in [0.05, 0.1) is 69.2 Å². The maximum absolute atomic E-state index is 13.3. The summed E-state index contributed by atoms with van der Waals surface area (Å²) in [5, 5.41) is 15.3. The Bertz CT molecular complexity index is 1300. The number of rotatable bonds is 8. The Morgan fingerprint density at radius 3 is 2.44 bits per heavy atom. The fourth-order valence-corrected chi connectivity index (χ4v) is 6.22. The zero-order chi connectivity index (χ0) is 25.7. The van der Waals surface area contributed by atoms with Crippen molar-refractivity contribution in [1.82, 2.24) is 10.3 Å². The van der Waals surface area contributed by atoms with E-state index in [-0.39, 0.29) is 18.9 Å². The molecule has 1 saturated heterocycles. The number of carboxylic acids is 1. The highest BCUT2D eigenvalue weighted by Gasteiger charge is 2.43. The maximum atomic E-state index is 13.3. The molecular formula is C27H32N4O4S. The van der Waals surface area contributed by atoms with E-state index in [4.69, 9.17) is 9.72 Å². The van der Waals surface area contributed by atoms with Crippen LogP contribution in [-0.4, -0.2) is 68.7 Å². The minimum atomic E-state index is -1.21. The van der Waals surface area contributed by atoms with Crippen LogP contribution in [0.1, 0.15) is 22.6 Å². The Morgan fingerprint density at radius 1 is 1.19 bits per heavy atom. The van der Waals surface area contributed by atoms with Gasteiger partial charge in [0.25, 0.3) is 0 Å². The number of methoxy groups -OCH3 is 1. The van der Waals surface area contributed by atoms with E-state index in [0.29, 0.717) is 18.9 Å². The number of nitrogens with zero attached hydrogens (tertiary/aromatic N) is 3. The van der Waals surface area contributed by atoms with Crippen molar-refractivity contribution >= 4 is 39.1 Å². The number of quaternary nitrogens is 1. The van der Waals surface area contributed by atoms with Crippen LogP contribution in [0.2, 0.25) is 0 Å². The molecule has 2 aromatic carbocycles. The molecule has 1 N–H and O–H groups in total. The van der Waals surface area contributed by atoms with Gasteiger partial charge in [-0.3, -0.25) is 4.79 Å². The Morgan fingerprint density at radius 2 is 1.86 bits per heavy atom. The summed E-state index contributed by atoms with van der Waals surface area (Å²) in [5.41, 5.74) is 2.91. The standard InChI is InChI=1S/C27H32N4O4S/c1-31(2,3)19-15-30(16-19)21-9-20-23(10-22(21)35-4)36-24(29-20)14-28-26(34)27(13-25(32)33)11-17-7-5-6-8-18(17)12-27/h5-10,19H,11-16H2,1-4H3,(H-,28,32,33,34). The topological polar surface area (TPSA) is 94.6 Å². The molecule has 1 aliphatic heterocycles. The third-order valence-electron chi connectivity index (χ3n) is 7.57. The quantitative estimate of drug-likeness (QED) is 0.466. The first-order valence-corrected chi connectivity index (χ1v) is 13.0. The van der Waals surface area contributed by atoms with E-state index in [2.05, 4.69) is 37.4 Å². The van der Waals surface area contributed by atoms with Crippen molar-refractivity contribution in [2.24, 2.45) is 5.41 Å². The van der Waals surface area contributed by atoms with E-state index in [1.807, 2.05) is 30.3 Å². The zero-order valence-electron chi connectivity index (χ0n) is 21.2. The number of hydrogen-bond donors (Lipinski definition) is 1. The van der Waals surface area contributed by atoms with E-state index in [1.54, 1.807) is 7.11 Å². The van der Waals surface area contributed by atoms with Crippen LogP contribution in [-0.2, 0) is 29.0 Å². The summed E-state index contributed by atoms with van der Waals surface area (Å²) in [4.78, 5) is 31.9. The molecule has 190 valence electrons. The molecule has 0 radical (unpaired) electrons. The van der Waals surface area contributed by atoms with Gasteiger partial charge in [0, 0.05) is 18.5 Å². The molecule has 2 heterocycles. The van der Waals surface area contributed by atoms with Gasteiger partial charge >= 0.3 is 0 Å². The van der Waals surface area contributed by atoms with Crippen LogP contribution in [0.3, 0.4) is 0 Å². The zero-order valence-corrected chi connectivity index (χ0v) is 22.0. The van der Waals surface area contributed by atoms with Crippen LogP contribution in [0.15, 0.2) is 36.4 Å². The van der Waals surface area contributed by atoms with Crippen LogP contribution in [0.4, 0.5) is 5.69 Å². The monoisotopic (exact) mass is 508 g/mol. The maximum Gasteiger partial charge on any atom is 0.227 e. The summed E-state index contributed by atoms with van der Waals surface area (Å²) in [7, 11) is 8.32. The number of carbonyl (C=O) groups is 2. The molecular weight excluding hydrogens is 476 g/mol. The number of thiazole rings is 1. The largest absolute Gasteiger partial charge is 0.550 e. The Kier molecular flexibility index (Phi) is 6.16. The number of nitrogens with one attached hydrogen (secondary N) is 1. The van der Waals surface area contributed by atoms with Gasteiger partial charge in [-0.15, -0.1) is 11.3 Å². The molecule has 1 amide bonds. The molecule has 9 heteroatoms. The SMILES string of the molecule is COc1cc2sc(CNC(=O)C3(CC(=O)[O-])Cc4ccccc4C3)nc2cc1N1CC([N+](C)(C)C)C1. The van der Waals surface area contributed by atoms with Gasteiger partial charge in [-0.25, -0.2) is 4.98 Å². The average Bonchev–Trinajstić information content (AvgIpc) is 3.35. The number of carboxylic acid groups (broad SMARTS) is 1. The fraction of sp³-hybridized carbons (Fsp3) is 0.444. The molecule has 0 saturated carbocycles. The number of hydrogen-bond acceptors (Lipinski definition) is 7. The van der Waals surface area contributed by atoms with E-state index in [0.717, 1.165) is 55.4 Å². The first-order chi connectivity index (χ1) is 17.1. The summed E-state index contributed by atoms with van der Waals surface area (Å²) in [6.45, 7) is 2.16. The van der Waals surface area contributed by atoms with E-state index >= 15 is 0 Å². The molecule has 5 rings (SSSR count). The number of carbonyl (C=O) groups excluding carboxylic acids is 2. The Balaban J connectivity index is 1.32. The summed E-state index contributed by atoms with van der Waals surface area (Å²) in [6.07, 6.45) is 0.485. The van der Waals surface area contributed by atoms with Gasteiger partial charge in [-0.1, -0.05) is 24.3 Å². The van der Waals surface area contributed by atoms with Crippen molar-refractivity contribution in [3.8, 4) is 5.75 Å². The lowest BCUT2D eigenvalue weighted by molar-refractivity contribution is -0.896. The van der Waals surface area contributed by atoms with Gasteiger partial charge in [0.2, 0.25) is 5.91 Å². The van der Waals surface area contributed by atoms with Crippen LogP contribution in [0.25, 0.3) is 10.2 Å². The highest BCUT2D eigenvalue weighted by molar-refractivity contribution is 7.18. The number of ether oxygens (including phenoxy) is 1. The van der Waals surface area contributed by atoms with Crippen molar-refractivity contribution in [2.45, 2.75) is 31.8 Å². The van der Waals surface area contributed by atoms with Crippen molar-refractivity contribution in [3.05, 3.63) is 52.5 Å². The summed E-state index contributed by atoms with van der Waals surface area (Å²) in [6, 6.07) is 12.4. The number of likely N-dealkylation sites (N-methyl/N-ethyl adjacent to an activating group) is 1. The number of benzene rings is 2. The van der Waals surface area contributed by atoms with Crippen LogP contribution in [0.5, 0.6) is 5.75 Å². The number of anilines is 1. The number of amides is 1. The highest BCUT2D eigenvalue weighted by atomic mass is 32.1. The normalized spacial score (nSPS) is 17.1. The second kappa shape index (κ2) is 9.05. The molecule has 36 heavy (non-hydrogen) atoms. The minimum absolute atomic E-state index is 0.244. The number of aliphatic carboxylic acids is 1. The summed E-state index contributed by atoms with van der Waals surface area (Å²) < 4.78 is 7.60. The van der Waals surface area contributed by atoms with Gasteiger partial charge < -0.3 is 29.3 Å². The minimum Gasteiger partial charge on any atom is -0.550 e. The third kappa shape index (κ3) is 4.53. The fourth-order valence-electron chi connectivity index (χ4n) is 5.30. The van der Waals surface area contributed by atoms with Gasteiger partial charge in [-0.05, 0) is 30.0 Å². The summed E-state index contributed by atoms with van der Waals surface area (Å²) in [5.74, 6) is -0.665. The number of aromatic nitrogens is 1. The molecule has 3 aromatic rings. The Labute approximate surface area is 215 Å². The lowest BCUT2D eigenvalue weighted by Gasteiger charge is -2.47. The molecule has 1 fully saturated rings. The van der Waals surface area contributed by atoms with Crippen molar-refractivity contribution in [3.63, 3.8) is 0 Å². The van der Waals surface area contributed by atoms with Gasteiger partial charge in [-0.2, -0.15) is 0 Å². The van der Waals surface area contributed by atoms with Gasteiger partial charge in [0.15, 0.2) is 0 Å². The first kappa shape index (κ1) is 24.5. The molecule has 0 bridgehead atoms. The number of fused-ring (bicyclic) bond motifs is 2. The van der Waals surface area contributed by atoms with Gasteiger partial charge in [0.1, 0.15) is 16.8 Å². The molecule has 1 aromatic heterocycles. The van der Waals surface area contributed by atoms with E-state index in [1.165, 1.54) is 11.3 Å². The predicted molar refractivity (Wildman–Crippen MR) is 138 cm³/mol. The smallest absolute Gasteiger partial charge is 0.227 e. The molecule has 0 spiro atoms. The first-order valence-electron chi connectivity index (χ1n) is 12.2. The van der Waals surface area contributed by atoms with Crippen molar-refractivity contribution in [1.29, 1.82) is 0 Å². The lowest BCUT2D eigenvalue weighted by Crippen LogP contribution is -2.64. The second-order valence-electron chi connectivity index (χ2n) is 10.9. The second-order valence-corrected chi connectivity index (χ2v) is 12.0. The van der Waals surface area contributed by atoms with Crippen molar-refractivity contribution in [2.75, 3.05) is 46.2 Å². The molecule has 0 atom stereocenters. The Hall–Kier alpha value is -3.17. The molecule has 0 unspecified atom stereocenters. The molecule has 2 aliphatic rings. The highest BCUT2D eigenvalue weighted by Crippen LogP contribution is 2.41.